The Morgan fingerprint density at radius 1 is 1.30 bits per heavy atom. The lowest BCUT2D eigenvalue weighted by Gasteiger charge is -2.11. The molecule has 1 aromatic rings. The van der Waals surface area contributed by atoms with Gasteiger partial charge >= 0.3 is 0 Å². The zero-order valence-corrected chi connectivity index (χ0v) is 13.3. The van der Waals surface area contributed by atoms with Crippen molar-refractivity contribution < 1.29 is 4.79 Å². The van der Waals surface area contributed by atoms with E-state index in [0.717, 1.165) is 35.8 Å². The minimum atomic E-state index is 0.0796. The second-order valence-electron chi connectivity index (χ2n) is 5.10. The van der Waals surface area contributed by atoms with Crippen molar-refractivity contribution in [1.82, 2.24) is 10.2 Å². The highest BCUT2D eigenvalue weighted by molar-refractivity contribution is 6.31. The first kappa shape index (κ1) is 16.8. The topological polar surface area (TPSA) is 44.4 Å². The van der Waals surface area contributed by atoms with Gasteiger partial charge in [-0.15, -0.1) is 0 Å². The maximum atomic E-state index is 11.6. The van der Waals surface area contributed by atoms with Crippen molar-refractivity contribution in [3.05, 3.63) is 28.8 Å². The minimum absolute atomic E-state index is 0.0796. The predicted molar refractivity (Wildman–Crippen MR) is 85.5 cm³/mol. The van der Waals surface area contributed by atoms with Crippen molar-refractivity contribution in [3.8, 4) is 0 Å². The molecule has 0 aliphatic carbocycles. The molecule has 4 nitrogen and oxygen atoms in total. The van der Waals surface area contributed by atoms with Gasteiger partial charge in [0.05, 0.1) is 0 Å². The zero-order valence-electron chi connectivity index (χ0n) is 12.5. The van der Waals surface area contributed by atoms with Gasteiger partial charge in [-0.1, -0.05) is 17.7 Å². The second kappa shape index (κ2) is 8.82. The maximum absolute atomic E-state index is 11.6. The molecule has 0 aliphatic rings. The number of carbonyl (C=O) groups excluding carboxylic acids is 1. The molecule has 1 amide bonds. The van der Waals surface area contributed by atoms with Gasteiger partial charge in [0.2, 0.25) is 5.91 Å². The van der Waals surface area contributed by atoms with Gasteiger partial charge in [-0.25, -0.2) is 0 Å². The molecule has 0 heterocycles. The molecule has 1 aromatic carbocycles. The van der Waals surface area contributed by atoms with Gasteiger partial charge in [-0.05, 0) is 51.7 Å². The predicted octanol–water partition coefficient (Wildman–Crippen LogP) is 2.52. The van der Waals surface area contributed by atoms with Crippen molar-refractivity contribution in [2.75, 3.05) is 39.0 Å². The summed E-state index contributed by atoms with van der Waals surface area (Å²) in [6, 6.07) is 5.73. The van der Waals surface area contributed by atoms with E-state index in [0.29, 0.717) is 13.0 Å². The molecular weight excluding hydrogens is 274 g/mol. The van der Waals surface area contributed by atoms with E-state index in [2.05, 4.69) is 15.5 Å². The lowest BCUT2D eigenvalue weighted by molar-refractivity contribution is -0.120. The highest BCUT2D eigenvalue weighted by Gasteiger charge is 2.03. The molecule has 2 N–H and O–H groups in total. The van der Waals surface area contributed by atoms with Crippen LogP contribution in [0.4, 0.5) is 5.69 Å². The maximum Gasteiger partial charge on any atom is 0.221 e. The Kier molecular flexibility index (Phi) is 7.41. The Labute approximate surface area is 126 Å². The molecule has 20 heavy (non-hydrogen) atoms. The molecule has 0 saturated heterocycles. The molecule has 1 rings (SSSR count). The minimum Gasteiger partial charge on any atom is -0.384 e. The van der Waals surface area contributed by atoms with Crippen LogP contribution in [-0.4, -0.2) is 44.5 Å². The Hall–Kier alpha value is -1.26. The number of halogens is 1. The summed E-state index contributed by atoms with van der Waals surface area (Å²) in [5.41, 5.74) is 2.00. The summed E-state index contributed by atoms with van der Waals surface area (Å²) in [4.78, 5) is 13.7. The first-order valence-electron chi connectivity index (χ1n) is 6.91. The quantitative estimate of drug-likeness (QED) is 0.725. The van der Waals surface area contributed by atoms with Gasteiger partial charge in [-0.2, -0.15) is 0 Å². The van der Waals surface area contributed by atoms with Crippen LogP contribution >= 0.6 is 11.6 Å². The number of anilines is 1. The highest BCUT2D eigenvalue weighted by Crippen LogP contribution is 2.22. The Morgan fingerprint density at radius 2 is 2.05 bits per heavy atom. The molecule has 0 spiro atoms. The van der Waals surface area contributed by atoms with Crippen LogP contribution in [0.15, 0.2) is 18.2 Å². The molecule has 0 bridgehead atoms. The summed E-state index contributed by atoms with van der Waals surface area (Å²) in [6.45, 7) is 4.29. The van der Waals surface area contributed by atoms with Gasteiger partial charge in [0.1, 0.15) is 0 Å². The molecule has 0 aliphatic heterocycles. The van der Waals surface area contributed by atoms with Crippen LogP contribution in [0.3, 0.4) is 0 Å². The fourth-order valence-electron chi connectivity index (χ4n) is 1.82. The fourth-order valence-corrected chi connectivity index (χ4v) is 2.00. The summed E-state index contributed by atoms with van der Waals surface area (Å²) in [7, 11) is 4.05. The van der Waals surface area contributed by atoms with Crippen molar-refractivity contribution in [2.24, 2.45) is 0 Å². The van der Waals surface area contributed by atoms with E-state index in [1.807, 2.05) is 39.2 Å². The standard InChI is InChI=1S/C15H24ClN3O/c1-12-13(16)6-4-7-14(12)17-10-8-15(20)18-9-5-11-19(2)3/h4,6-7,17H,5,8-11H2,1-3H3,(H,18,20). The largest absolute Gasteiger partial charge is 0.384 e. The first-order chi connectivity index (χ1) is 9.50. The van der Waals surface area contributed by atoms with E-state index in [1.54, 1.807) is 0 Å². The summed E-state index contributed by atoms with van der Waals surface area (Å²) < 4.78 is 0. The Bertz CT molecular complexity index is 435. The third-order valence-corrected chi connectivity index (χ3v) is 3.45. The van der Waals surface area contributed by atoms with Gasteiger partial charge < -0.3 is 15.5 Å². The van der Waals surface area contributed by atoms with Crippen LogP contribution in [0.25, 0.3) is 0 Å². The summed E-state index contributed by atoms with van der Waals surface area (Å²) >= 11 is 6.04. The lowest BCUT2D eigenvalue weighted by Crippen LogP contribution is -2.28. The number of rotatable bonds is 8. The van der Waals surface area contributed by atoms with E-state index in [-0.39, 0.29) is 5.91 Å². The van der Waals surface area contributed by atoms with Crippen LogP contribution in [0.1, 0.15) is 18.4 Å². The molecular formula is C15H24ClN3O. The molecule has 0 aromatic heterocycles. The highest BCUT2D eigenvalue weighted by atomic mass is 35.5. The molecule has 0 atom stereocenters. The van der Waals surface area contributed by atoms with Gasteiger partial charge in [0.25, 0.3) is 0 Å². The third-order valence-electron chi connectivity index (χ3n) is 3.04. The number of nitrogens with zero attached hydrogens (tertiary/aromatic N) is 1. The van der Waals surface area contributed by atoms with E-state index in [4.69, 9.17) is 11.6 Å². The van der Waals surface area contributed by atoms with E-state index in [1.165, 1.54) is 0 Å². The molecule has 0 unspecified atom stereocenters. The van der Waals surface area contributed by atoms with E-state index in [9.17, 15) is 4.79 Å². The monoisotopic (exact) mass is 297 g/mol. The Balaban J connectivity index is 2.20. The molecule has 0 fully saturated rings. The van der Waals surface area contributed by atoms with Crippen LogP contribution in [0, 0.1) is 6.92 Å². The van der Waals surface area contributed by atoms with Crippen molar-refractivity contribution >= 4 is 23.2 Å². The van der Waals surface area contributed by atoms with Gasteiger partial charge in [-0.3, -0.25) is 4.79 Å². The number of benzene rings is 1. The lowest BCUT2D eigenvalue weighted by atomic mass is 10.2. The van der Waals surface area contributed by atoms with Crippen LogP contribution in [0.5, 0.6) is 0 Å². The number of hydrogen-bond acceptors (Lipinski definition) is 3. The van der Waals surface area contributed by atoms with Crippen LogP contribution in [-0.2, 0) is 4.79 Å². The van der Waals surface area contributed by atoms with Crippen molar-refractivity contribution in [3.63, 3.8) is 0 Å². The average molecular weight is 298 g/mol. The summed E-state index contributed by atoms with van der Waals surface area (Å²) in [6.07, 6.45) is 1.44. The molecule has 0 saturated carbocycles. The zero-order chi connectivity index (χ0) is 15.0. The Morgan fingerprint density at radius 3 is 2.75 bits per heavy atom. The SMILES string of the molecule is Cc1c(Cl)cccc1NCCC(=O)NCCCN(C)C. The molecule has 112 valence electrons. The number of nitrogens with one attached hydrogen (secondary N) is 2. The summed E-state index contributed by atoms with van der Waals surface area (Å²) in [5.74, 6) is 0.0796. The first-order valence-corrected chi connectivity index (χ1v) is 7.29. The molecule has 0 radical (unpaired) electrons. The van der Waals surface area contributed by atoms with Crippen LogP contribution < -0.4 is 10.6 Å². The smallest absolute Gasteiger partial charge is 0.221 e. The van der Waals surface area contributed by atoms with E-state index < -0.39 is 0 Å². The second-order valence-corrected chi connectivity index (χ2v) is 5.50. The number of hydrogen-bond donors (Lipinski definition) is 2. The number of carbonyl (C=O) groups is 1. The van der Waals surface area contributed by atoms with Gasteiger partial charge in [0, 0.05) is 30.2 Å². The van der Waals surface area contributed by atoms with E-state index >= 15 is 0 Å². The molecule has 5 heteroatoms. The normalized spacial score (nSPS) is 10.7. The van der Waals surface area contributed by atoms with Crippen molar-refractivity contribution in [2.45, 2.75) is 19.8 Å². The van der Waals surface area contributed by atoms with Crippen LogP contribution in [0.2, 0.25) is 5.02 Å². The average Bonchev–Trinajstić information content (AvgIpc) is 2.39. The number of amides is 1. The summed E-state index contributed by atoms with van der Waals surface area (Å²) in [5, 5.41) is 6.90. The van der Waals surface area contributed by atoms with Crippen molar-refractivity contribution in [1.29, 1.82) is 0 Å². The fraction of sp³-hybridized carbons (Fsp3) is 0.533. The third kappa shape index (κ3) is 6.26. The van der Waals surface area contributed by atoms with Gasteiger partial charge in [0.15, 0.2) is 0 Å².